The zero-order valence-corrected chi connectivity index (χ0v) is 34.3. The van der Waals surface area contributed by atoms with Gasteiger partial charge in [-0.1, -0.05) is 58.9 Å². The van der Waals surface area contributed by atoms with E-state index in [0.717, 1.165) is 51.4 Å². The normalized spacial score (nSPS) is 40.4. The molecule has 0 unspecified atom stereocenters. The fourth-order valence-corrected chi connectivity index (χ4v) is 14.4. The van der Waals surface area contributed by atoms with Gasteiger partial charge in [0.15, 0.2) is 6.10 Å². The molecule has 10 nitrogen and oxygen atoms in total. The largest absolute Gasteiger partial charge is 0.481 e. The number of carbonyl (C=O) groups is 3. The molecule has 306 valence electrons. The summed E-state index contributed by atoms with van der Waals surface area (Å²) in [6.07, 6.45) is 15.7. The highest BCUT2D eigenvalue weighted by atomic mass is 16.5. The molecule has 0 bridgehead atoms. The van der Waals surface area contributed by atoms with Gasteiger partial charge < -0.3 is 30.5 Å². The predicted octanol–water partition coefficient (Wildman–Crippen LogP) is 8.32. The molecule has 0 aromatic carbocycles. The minimum atomic E-state index is -1.41. The lowest BCUT2D eigenvalue weighted by atomic mass is 9.33. The Morgan fingerprint density at radius 2 is 1.68 bits per heavy atom. The van der Waals surface area contributed by atoms with E-state index in [9.17, 15) is 34.8 Å². The van der Waals surface area contributed by atoms with E-state index >= 15 is 0 Å². The van der Waals surface area contributed by atoms with E-state index in [0.29, 0.717) is 48.9 Å². The topological polar surface area (TPSA) is 166 Å². The molecule has 0 amide bonds. The molecule has 7 rings (SSSR count). The van der Waals surface area contributed by atoms with Gasteiger partial charge in [0.1, 0.15) is 17.6 Å². The summed E-state index contributed by atoms with van der Waals surface area (Å²) in [6.45, 7) is 19.2. The van der Waals surface area contributed by atoms with Crippen LogP contribution in [-0.2, 0) is 9.59 Å². The van der Waals surface area contributed by atoms with Gasteiger partial charge in [-0.25, -0.2) is 14.6 Å². The number of allylic oxidation sites excluding steroid dienone is 5. The Hall–Kier alpha value is -3.50. The first kappa shape index (κ1) is 40.7. The van der Waals surface area contributed by atoms with Gasteiger partial charge in [0, 0.05) is 18.3 Å². The summed E-state index contributed by atoms with van der Waals surface area (Å²) in [6, 6.07) is 2.93. The van der Waals surface area contributed by atoms with Crippen LogP contribution in [0.25, 0.3) is 0 Å². The zero-order valence-electron chi connectivity index (χ0n) is 34.3. The van der Waals surface area contributed by atoms with Crippen molar-refractivity contribution < 1.29 is 39.5 Å². The Balaban J connectivity index is 1.13. The van der Waals surface area contributed by atoms with Crippen LogP contribution in [0.4, 0.5) is 0 Å². The Morgan fingerprint density at radius 1 is 0.929 bits per heavy atom. The zero-order chi connectivity index (χ0) is 40.6. The highest BCUT2D eigenvalue weighted by molar-refractivity contribution is 5.90. The van der Waals surface area contributed by atoms with E-state index in [1.807, 2.05) is 0 Å². The van der Waals surface area contributed by atoms with Crippen LogP contribution in [0.3, 0.4) is 0 Å². The van der Waals surface area contributed by atoms with E-state index in [4.69, 9.17) is 4.74 Å². The minimum absolute atomic E-state index is 0.0586. The average Bonchev–Trinajstić information content (AvgIpc) is 3.53. The summed E-state index contributed by atoms with van der Waals surface area (Å²) in [4.78, 5) is 40.2. The van der Waals surface area contributed by atoms with Crippen molar-refractivity contribution in [3.05, 3.63) is 59.3 Å². The van der Waals surface area contributed by atoms with E-state index in [1.54, 1.807) is 0 Å². The number of pyridine rings is 1. The summed E-state index contributed by atoms with van der Waals surface area (Å²) in [5.41, 5.74) is 2.63. The summed E-state index contributed by atoms with van der Waals surface area (Å²) in [7, 11) is 0. The maximum Gasteiger partial charge on any atom is 0.341 e. The summed E-state index contributed by atoms with van der Waals surface area (Å²) in [5.74, 6) is -1.10. The second-order valence-electron chi connectivity index (χ2n) is 20.1. The molecular weight excluding hydrogens is 709 g/mol. The third kappa shape index (κ3) is 6.09. The average molecular weight is 773 g/mol. The number of hydrogen-bond acceptors (Lipinski definition) is 7. The van der Waals surface area contributed by atoms with Crippen molar-refractivity contribution in [3.8, 4) is 5.88 Å². The summed E-state index contributed by atoms with van der Waals surface area (Å²) in [5, 5.41) is 43.5. The first-order chi connectivity index (χ1) is 26.3. The fourth-order valence-electron chi connectivity index (χ4n) is 14.4. The lowest BCUT2D eigenvalue weighted by Crippen LogP contribution is -2.68. The van der Waals surface area contributed by atoms with E-state index in [-0.39, 0.29) is 51.8 Å². The molecule has 56 heavy (non-hydrogen) atoms. The number of aromatic carboxylic acids is 1. The molecule has 11 atom stereocenters. The number of carboxylic acid groups (broad SMARTS) is 3. The molecular formula is C46H64N2O8. The second kappa shape index (κ2) is 14.1. The molecule has 0 aliphatic heterocycles. The molecule has 5 N–H and O–H groups in total. The molecule has 6 aliphatic carbocycles. The van der Waals surface area contributed by atoms with Gasteiger partial charge >= 0.3 is 17.9 Å². The molecule has 4 fully saturated rings. The fraction of sp³-hybridized carbons (Fsp3) is 0.696. The van der Waals surface area contributed by atoms with Crippen LogP contribution in [0, 0.1) is 56.7 Å². The Kier molecular flexibility index (Phi) is 10.2. The third-order valence-corrected chi connectivity index (χ3v) is 17.5. The second-order valence-corrected chi connectivity index (χ2v) is 20.1. The van der Waals surface area contributed by atoms with E-state index in [2.05, 4.69) is 70.6 Å². The highest BCUT2D eigenvalue weighted by Crippen LogP contribution is 2.76. The minimum Gasteiger partial charge on any atom is -0.481 e. The van der Waals surface area contributed by atoms with Crippen molar-refractivity contribution in [3.63, 3.8) is 0 Å². The van der Waals surface area contributed by atoms with Crippen LogP contribution in [0.1, 0.15) is 129 Å². The molecule has 4 saturated carbocycles. The summed E-state index contributed by atoms with van der Waals surface area (Å²) < 4.78 is 5.83. The number of β-amino-alcohol motifs (C(OH)–C–C–N with tert-alkyl or cyclic N) is 1. The molecule has 0 spiro atoms. The quantitative estimate of drug-likeness (QED) is 0.138. The van der Waals surface area contributed by atoms with E-state index in [1.165, 1.54) is 41.5 Å². The van der Waals surface area contributed by atoms with Crippen molar-refractivity contribution in [1.29, 1.82) is 0 Å². The SMILES string of the molecule is C=C(C)[C@@H]1CC[C@]2(NC[C@@H](O)C(=O)O)CC[C@]3(C)[C@H](CC[C@@H]4[C@@]5(C)CC=C(C6=CC[C@](COc7ncccc7C(=O)O)(C(=O)O)CC6)C(C)(C)[C@@H]5CC[C@]43C)[C@@H]12. The Morgan fingerprint density at radius 3 is 2.32 bits per heavy atom. The lowest BCUT2D eigenvalue weighted by Gasteiger charge is -2.72. The number of hydrogen-bond donors (Lipinski definition) is 5. The van der Waals surface area contributed by atoms with Gasteiger partial charge in [-0.15, -0.1) is 0 Å². The number of aliphatic hydroxyl groups is 1. The van der Waals surface area contributed by atoms with Crippen LogP contribution in [-0.4, -0.2) is 68.1 Å². The van der Waals surface area contributed by atoms with Crippen LogP contribution in [0.2, 0.25) is 0 Å². The van der Waals surface area contributed by atoms with Crippen molar-refractivity contribution in [2.45, 2.75) is 130 Å². The molecule has 0 radical (unpaired) electrons. The van der Waals surface area contributed by atoms with Crippen molar-refractivity contribution in [2.75, 3.05) is 13.2 Å². The molecule has 6 aliphatic rings. The number of nitrogens with one attached hydrogen (secondary N) is 1. The monoisotopic (exact) mass is 772 g/mol. The number of aliphatic hydroxyl groups excluding tert-OH is 1. The number of fused-ring (bicyclic) bond motifs is 7. The smallest absolute Gasteiger partial charge is 0.341 e. The Labute approximate surface area is 332 Å². The van der Waals surface area contributed by atoms with Crippen molar-refractivity contribution >= 4 is 17.9 Å². The van der Waals surface area contributed by atoms with Gasteiger partial charge in [0.25, 0.3) is 0 Å². The number of rotatable bonds is 11. The maximum atomic E-state index is 12.8. The number of carboxylic acids is 3. The molecule has 1 aromatic heterocycles. The standard InChI is InChI=1S/C46H64N2O8/c1-27(2)29-14-21-46(48-25-33(49)39(52)53)23-22-43(6)32(36(29)46)10-11-35-42(5)17-15-31(41(3,4)34(42)16-18-44(35,43)7)28-12-19-45(20-13-28,40(54)55)26-56-37-30(38(50)51)9-8-24-47-37/h8-9,12,15,24,29,32-36,48-49H,1,10-11,13-14,16-23,25-26H2,2-7H3,(H,50,51)(H,52,53)(H,54,55)/t29-,32+,33+,34-,35+,36+,42-,43+,44+,45-,46-/m0/s1. The number of nitrogens with zero attached hydrogens (tertiary/aromatic N) is 1. The van der Waals surface area contributed by atoms with Crippen LogP contribution in [0.5, 0.6) is 5.88 Å². The van der Waals surface area contributed by atoms with Gasteiger partial charge in [-0.05, 0) is 159 Å². The van der Waals surface area contributed by atoms with Crippen molar-refractivity contribution in [1.82, 2.24) is 10.3 Å². The molecule has 1 heterocycles. The van der Waals surface area contributed by atoms with E-state index < -0.39 is 29.4 Å². The van der Waals surface area contributed by atoms with Gasteiger partial charge in [-0.3, -0.25) is 4.79 Å². The number of ether oxygens (including phenoxy) is 1. The Bertz CT molecular complexity index is 1850. The predicted molar refractivity (Wildman–Crippen MR) is 213 cm³/mol. The van der Waals surface area contributed by atoms with Gasteiger partial charge in [0.05, 0.1) is 0 Å². The summed E-state index contributed by atoms with van der Waals surface area (Å²) >= 11 is 0. The molecule has 10 heteroatoms. The van der Waals surface area contributed by atoms with Gasteiger partial charge in [0.2, 0.25) is 5.88 Å². The van der Waals surface area contributed by atoms with Crippen LogP contribution < -0.4 is 10.1 Å². The molecule has 0 saturated heterocycles. The van der Waals surface area contributed by atoms with Crippen molar-refractivity contribution in [2.24, 2.45) is 56.7 Å². The maximum absolute atomic E-state index is 12.8. The van der Waals surface area contributed by atoms with Crippen LogP contribution in [0.15, 0.2) is 53.8 Å². The number of aromatic nitrogens is 1. The first-order valence-corrected chi connectivity index (χ1v) is 21.0. The molecule has 1 aromatic rings. The lowest BCUT2D eigenvalue weighted by molar-refractivity contribution is -0.221. The first-order valence-electron chi connectivity index (χ1n) is 21.0. The highest BCUT2D eigenvalue weighted by Gasteiger charge is 2.70. The third-order valence-electron chi connectivity index (χ3n) is 17.5. The van der Waals surface area contributed by atoms with Crippen LogP contribution >= 0.6 is 0 Å². The van der Waals surface area contributed by atoms with Gasteiger partial charge in [-0.2, -0.15) is 0 Å². The number of aliphatic carboxylic acids is 2.